The zero-order chi connectivity index (χ0) is 12.0. The van der Waals surface area contributed by atoms with Crippen LogP contribution in [0.25, 0.3) is 0 Å². The second-order valence-corrected chi connectivity index (χ2v) is 4.05. The molecule has 1 aromatic carbocycles. The van der Waals surface area contributed by atoms with E-state index >= 15 is 0 Å². The molecule has 0 fully saturated rings. The number of nitriles is 1. The van der Waals surface area contributed by atoms with E-state index in [-0.39, 0.29) is 0 Å². The number of ether oxygens (including phenoxy) is 1. The quantitative estimate of drug-likeness (QED) is 0.771. The zero-order valence-corrected chi connectivity index (χ0v) is 10.1. The highest BCUT2D eigenvalue weighted by atomic mass is 16.5. The molecular weight excluding hydrogens is 200 g/mol. The Hall–Kier alpha value is -1.53. The molecule has 0 saturated carbocycles. The second-order valence-electron chi connectivity index (χ2n) is 4.05. The van der Waals surface area contributed by atoms with Crippen molar-refractivity contribution in [3.8, 4) is 11.8 Å². The van der Waals surface area contributed by atoms with Gasteiger partial charge in [-0.15, -0.1) is 0 Å². The highest BCUT2D eigenvalue weighted by Gasteiger charge is 2.00. The molecule has 0 saturated heterocycles. The molecule has 86 valence electrons. The first-order valence-electron chi connectivity index (χ1n) is 5.50. The Labute approximate surface area is 97.0 Å². The van der Waals surface area contributed by atoms with Crippen LogP contribution in [0.2, 0.25) is 0 Å². The van der Waals surface area contributed by atoms with Crippen LogP contribution < -0.4 is 10.1 Å². The van der Waals surface area contributed by atoms with E-state index in [1.165, 1.54) is 0 Å². The zero-order valence-electron chi connectivity index (χ0n) is 10.1. The van der Waals surface area contributed by atoms with Crippen LogP contribution in [0.1, 0.15) is 25.0 Å². The van der Waals surface area contributed by atoms with Crippen LogP contribution in [0, 0.1) is 18.3 Å². The molecule has 0 amide bonds. The van der Waals surface area contributed by atoms with Gasteiger partial charge in [0.1, 0.15) is 12.4 Å². The van der Waals surface area contributed by atoms with Crippen LogP contribution >= 0.6 is 0 Å². The lowest BCUT2D eigenvalue weighted by molar-refractivity contribution is 0.308. The summed E-state index contributed by atoms with van der Waals surface area (Å²) >= 11 is 0. The average Bonchev–Trinajstić information content (AvgIpc) is 2.24. The maximum atomic E-state index is 8.78. The van der Waals surface area contributed by atoms with Crippen LogP contribution in [-0.2, 0) is 0 Å². The van der Waals surface area contributed by atoms with Gasteiger partial charge in [-0.05, 0) is 30.7 Å². The Balaban J connectivity index is 2.44. The molecule has 3 heteroatoms. The molecule has 0 bridgehead atoms. The third kappa shape index (κ3) is 3.92. The van der Waals surface area contributed by atoms with Gasteiger partial charge in [-0.1, -0.05) is 13.8 Å². The summed E-state index contributed by atoms with van der Waals surface area (Å²) in [5.41, 5.74) is 1.66. The number of hydrogen-bond acceptors (Lipinski definition) is 3. The topological polar surface area (TPSA) is 45.0 Å². The fourth-order valence-corrected chi connectivity index (χ4v) is 1.37. The summed E-state index contributed by atoms with van der Waals surface area (Å²) in [6, 6.07) is 8.14. The normalized spacial score (nSPS) is 10.2. The molecule has 0 heterocycles. The van der Waals surface area contributed by atoms with Gasteiger partial charge in [-0.2, -0.15) is 5.26 Å². The fourth-order valence-electron chi connectivity index (χ4n) is 1.37. The number of aryl methyl sites for hydroxylation is 1. The van der Waals surface area contributed by atoms with Crippen molar-refractivity contribution in [3.05, 3.63) is 29.3 Å². The number of rotatable bonds is 5. The number of nitrogens with zero attached hydrogens (tertiary/aromatic N) is 1. The monoisotopic (exact) mass is 218 g/mol. The number of benzene rings is 1. The molecule has 0 spiro atoms. The summed E-state index contributed by atoms with van der Waals surface area (Å²) in [7, 11) is 0. The first kappa shape index (κ1) is 12.5. The van der Waals surface area contributed by atoms with E-state index in [1.807, 2.05) is 19.1 Å². The van der Waals surface area contributed by atoms with Crippen molar-refractivity contribution < 1.29 is 4.74 Å². The molecule has 16 heavy (non-hydrogen) atoms. The van der Waals surface area contributed by atoms with Gasteiger partial charge in [-0.25, -0.2) is 0 Å². The summed E-state index contributed by atoms with van der Waals surface area (Å²) in [6.45, 7) is 7.59. The summed E-state index contributed by atoms with van der Waals surface area (Å²) < 4.78 is 5.56. The minimum atomic E-state index is 0.478. The lowest BCUT2D eigenvalue weighted by Crippen LogP contribution is -2.27. The maximum absolute atomic E-state index is 8.78. The Bertz CT molecular complexity index is 380. The van der Waals surface area contributed by atoms with Crippen molar-refractivity contribution >= 4 is 0 Å². The van der Waals surface area contributed by atoms with Gasteiger partial charge < -0.3 is 10.1 Å². The number of hydrogen-bond donors (Lipinski definition) is 1. The van der Waals surface area contributed by atoms with Crippen LogP contribution in [0.15, 0.2) is 18.2 Å². The molecule has 0 unspecified atom stereocenters. The van der Waals surface area contributed by atoms with Gasteiger partial charge in [0.25, 0.3) is 0 Å². The van der Waals surface area contributed by atoms with Crippen molar-refractivity contribution in [1.29, 1.82) is 5.26 Å². The summed E-state index contributed by atoms with van der Waals surface area (Å²) in [5, 5.41) is 12.1. The van der Waals surface area contributed by atoms with Crippen molar-refractivity contribution in [2.75, 3.05) is 13.2 Å². The smallest absolute Gasteiger partial charge is 0.119 e. The molecule has 1 rings (SSSR count). The number of nitrogens with one attached hydrogen (secondary N) is 1. The van der Waals surface area contributed by atoms with E-state index in [2.05, 4.69) is 25.2 Å². The molecule has 3 nitrogen and oxygen atoms in total. The molecule has 0 radical (unpaired) electrons. The molecule has 1 N–H and O–H groups in total. The molecule has 1 aromatic rings. The van der Waals surface area contributed by atoms with Crippen LogP contribution in [0.4, 0.5) is 0 Å². The summed E-state index contributed by atoms with van der Waals surface area (Å²) in [6.07, 6.45) is 0. The lowest BCUT2D eigenvalue weighted by Gasteiger charge is -2.10. The van der Waals surface area contributed by atoms with Gasteiger partial charge in [0, 0.05) is 12.6 Å². The van der Waals surface area contributed by atoms with Crippen molar-refractivity contribution in [2.24, 2.45) is 0 Å². The van der Waals surface area contributed by atoms with E-state index in [0.717, 1.165) is 17.9 Å². The Morgan fingerprint density at radius 1 is 1.44 bits per heavy atom. The second kappa shape index (κ2) is 6.14. The molecule has 0 aromatic heterocycles. The van der Waals surface area contributed by atoms with Crippen molar-refractivity contribution in [1.82, 2.24) is 5.32 Å². The van der Waals surface area contributed by atoms with Gasteiger partial charge >= 0.3 is 0 Å². The lowest BCUT2D eigenvalue weighted by atomic mass is 10.1. The van der Waals surface area contributed by atoms with Crippen LogP contribution in [0.5, 0.6) is 5.75 Å². The molecule has 0 atom stereocenters. The largest absolute Gasteiger partial charge is 0.492 e. The van der Waals surface area contributed by atoms with Gasteiger partial charge in [0.2, 0.25) is 0 Å². The Morgan fingerprint density at radius 2 is 2.19 bits per heavy atom. The molecule has 0 aliphatic rings. The van der Waals surface area contributed by atoms with E-state index in [1.54, 1.807) is 6.07 Å². The van der Waals surface area contributed by atoms with Crippen molar-refractivity contribution in [3.63, 3.8) is 0 Å². The third-order valence-corrected chi connectivity index (χ3v) is 2.24. The van der Waals surface area contributed by atoms with Crippen LogP contribution in [0.3, 0.4) is 0 Å². The SMILES string of the molecule is Cc1cc(OCCNC(C)C)ccc1C#N. The fraction of sp³-hybridized carbons (Fsp3) is 0.462. The Kier molecular flexibility index (Phi) is 4.81. The highest BCUT2D eigenvalue weighted by Crippen LogP contribution is 2.16. The minimum absolute atomic E-state index is 0.478. The van der Waals surface area contributed by atoms with E-state index in [0.29, 0.717) is 18.2 Å². The van der Waals surface area contributed by atoms with Gasteiger partial charge in [-0.3, -0.25) is 0 Å². The maximum Gasteiger partial charge on any atom is 0.119 e. The predicted molar refractivity (Wildman–Crippen MR) is 64.5 cm³/mol. The molecular formula is C13H18N2O. The Morgan fingerprint density at radius 3 is 2.75 bits per heavy atom. The van der Waals surface area contributed by atoms with E-state index in [9.17, 15) is 0 Å². The van der Waals surface area contributed by atoms with Crippen molar-refractivity contribution in [2.45, 2.75) is 26.8 Å². The van der Waals surface area contributed by atoms with Gasteiger partial charge in [0.15, 0.2) is 0 Å². The summed E-state index contributed by atoms with van der Waals surface area (Å²) in [4.78, 5) is 0. The van der Waals surface area contributed by atoms with E-state index in [4.69, 9.17) is 10.00 Å². The minimum Gasteiger partial charge on any atom is -0.492 e. The molecule has 0 aliphatic carbocycles. The standard InChI is InChI=1S/C13H18N2O/c1-10(2)15-6-7-16-13-5-4-12(9-14)11(3)8-13/h4-5,8,10,15H,6-7H2,1-3H3. The van der Waals surface area contributed by atoms with Gasteiger partial charge in [0.05, 0.1) is 11.6 Å². The van der Waals surface area contributed by atoms with E-state index < -0.39 is 0 Å². The average molecular weight is 218 g/mol. The third-order valence-electron chi connectivity index (χ3n) is 2.24. The summed E-state index contributed by atoms with van der Waals surface area (Å²) in [5.74, 6) is 0.821. The highest BCUT2D eigenvalue weighted by molar-refractivity contribution is 5.41. The van der Waals surface area contributed by atoms with Crippen LogP contribution in [-0.4, -0.2) is 19.2 Å². The molecule has 0 aliphatic heterocycles. The predicted octanol–water partition coefficient (Wildman–Crippen LogP) is 2.24. The first-order valence-corrected chi connectivity index (χ1v) is 5.50. The first-order chi connectivity index (χ1) is 7.63.